The largest absolute Gasteiger partial charge is 0.355 e. The second-order valence-electron chi connectivity index (χ2n) is 4.30. The van der Waals surface area contributed by atoms with E-state index < -0.39 is 15.3 Å². The van der Waals surface area contributed by atoms with E-state index in [1.165, 1.54) is 11.2 Å². The number of hydrogen-bond donors (Lipinski definition) is 1. The molecule has 6 heteroatoms. The van der Waals surface area contributed by atoms with Crippen LogP contribution in [0.2, 0.25) is 0 Å². The summed E-state index contributed by atoms with van der Waals surface area (Å²) in [7, 11) is -3.36. The highest BCUT2D eigenvalue weighted by Crippen LogP contribution is 2.27. The minimum atomic E-state index is -3.36. The van der Waals surface area contributed by atoms with Gasteiger partial charge in [0, 0.05) is 20.0 Å². The van der Waals surface area contributed by atoms with Crippen molar-refractivity contribution in [1.82, 2.24) is 5.32 Å². The number of hydrogen-bond acceptors (Lipinski definition) is 3. The Morgan fingerprint density at radius 3 is 2.67 bits per heavy atom. The van der Waals surface area contributed by atoms with Crippen LogP contribution >= 0.6 is 0 Å². The molecular formula is C12H16N2O3S. The van der Waals surface area contributed by atoms with E-state index in [-0.39, 0.29) is 12.5 Å². The molecule has 1 aliphatic heterocycles. The number of carbonyl (C=O) groups excluding carboxylic acids is 1. The third-order valence-corrected chi connectivity index (χ3v) is 5.26. The van der Waals surface area contributed by atoms with E-state index in [1.54, 1.807) is 12.1 Å². The summed E-state index contributed by atoms with van der Waals surface area (Å²) in [5.74, 6) is -0.205. The molecule has 1 fully saturated rings. The second-order valence-corrected chi connectivity index (χ2v) is 6.44. The lowest BCUT2D eigenvalue weighted by Crippen LogP contribution is -2.36. The Morgan fingerprint density at radius 2 is 2.06 bits per heavy atom. The van der Waals surface area contributed by atoms with Crippen LogP contribution in [-0.4, -0.2) is 32.7 Å². The molecule has 1 aliphatic rings. The van der Waals surface area contributed by atoms with Gasteiger partial charge in [-0.15, -0.1) is 0 Å². The average molecular weight is 268 g/mol. The number of amides is 1. The lowest BCUT2D eigenvalue weighted by atomic mass is 10.2. The maximum atomic E-state index is 12.3. The molecule has 0 saturated carbocycles. The van der Waals surface area contributed by atoms with Gasteiger partial charge in [0.1, 0.15) is 0 Å². The maximum Gasteiger partial charge on any atom is 0.239 e. The van der Waals surface area contributed by atoms with Crippen molar-refractivity contribution in [2.45, 2.75) is 18.6 Å². The number of sulfonamides is 1. The highest BCUT2D eigenvalue weighted by molar-refractivity contribution is 7.93. The van der Waals surface area contributed by atoms with E-state index in [0.29, 0.717) is 18.7 Å². The van der Waals surface area contributed by atoms with Crippen LogP contribution in [0.15, 0.2) is 30.3 Å². The molecule has 1 saturated heterocycles. The van der Waals surface area contributed by atoms with Crippen LogP contribution in [0.3, 0.4) is 0 Å². The van der Waals surface area contributed by atoms with Crippen LogP contribution in [0.25, 0.3) is 0 Å². The minimum absolute atomic E-state index is 0.182. The summed E-state index contributed by atoms with van der Waals surface area (Å²) in [4.78, 5) is 10.8. The number of anilines is 1. The van der Waals surface area contributed by atoms with Gasteiger partial charge < -0.3 is 5.32 Å². The second kappa shape index (κ2) is 4.97. The number of benzene rings is 1. The van der Waals surface area contributed by atoms with Gasteiger partial charge in [0.25, 0.3) is 0 Å². The molecule has 18 heavy (non-hydrogen) atoms. The van der Waals surface area contributed by atoms with Gasteiger partial charge in [0.2, 0.25) is 15.9 Å². The number of nitrogens with one attached hydrogen (secondary N) is 1. The Balaban J connectivity index is 2.16. The normalized spacial score (nSPS) is 21.8. The highest BCUT2D eigenvalue weighted by Gasteiger charge is 2.38. The van der Waals surface area contributed by atoms with Crippen LogP contribution < -0.4 is 9.62 Å². The molecule has 5 nitrogen and oxygen atoms in total. The van der Waals surface area contributed by atoms with E-state index in [1.807, 2.05) is 18.2 Å². The molecule has 1 aromatic carbocycles. The minimum Gasteiger partial charge on any atom is -0.355 e. The summed E-state index contributed by atoms with van der Waals surface area (Å²) < 4.78 is 26.0. The first-order chi connectivity index (χ1) is 8.51. The summed E-state index contributed by atoms with van der Waals surface area (Å²) in [5.41, 5.74) is 0.683. The van der Waals surface area contributed by atoms with Crippen LogP contribution in [0.5, 0.6) is 0 Å². The van der Waals surface area contributed by atoms with Crippen LogP contribution in [0.1, 0.15) is 13.3 Å². The Bertz CT molecular complexity index is 528. The third-order valence-electron chi connectivity index (χ3n) is 3.01. The Hall–Kier alpha value is -1.56. The number of nitrogens with zero attached hydrogens (tertiary/aromatic N) is 1. The lowest BCUT2D eigenvalue weighted by molar-refractivity contribution is -0.118. The summed E-state index contributed by atoms with van der Waals surface area (Å²) in [6.07, 6.45) is 0.539. The predicted molar refractivity (Wildman–Crippen MR) is 69.8 cm³/mol. The quantitative estimate of drug-likeness (QED) is 0.879. The first-order valence-corrected chi connectivity index (χ1v) is 7.33. The molecule has 1 aromatic rings. The van der Waals surface area contributed by atoms with Gasteiger partial charge in [-0.05, 0) is 18.6 Å². The zero-order valence-electron chi connectivity index (χ0n) is 10.2. The molecule has 1 atom stereocenters. The highest BCUT2D eigenvalue weighted by atomic mass is 32.2. The van der Waals surface area contributed by atoms with Crippen molar-refractivity contribution >= 4 is 21.6 Å². The van der Waals surface area contributed by atoms with Crippen LogP contribution in [0, 0.1) is 0 Å². The van der Waals surface area contributed by atoms with E-state index in [0.717, 1.165) is 0 Å². The van der Waals surface area contributed by atoms with Gasteiger partial charge in [-0.25, -0.2) is 8.42 Å². The zero-order chi connectivity index (χ0) is 13.2. The van der Waals surface area contributed by atoms with Gasteiger partial charge in [-0.1, -0.05) is 18.2 Å². The molecular weight excluding hydrogens is 252 g/mol. The summed E-state index contributed by atoms with van der Waals surface area (Å²) in [6.45, 7) is 2.04. The molecule has 1 unspecified atom stereocenters. The zero-order valence-corrected chi connectivity index (χ0v) is 11.0. The third kappa shape index (κ3) is 2.48. The number of para-hydroxylation sites is 1. The molecule has 0 aromatic heterocycles. The maximum absolute atomic E-state index is 12.3. The van der Waals surface area contributed by atoms with Crippen molar-refractivity contribution in [3.8, 4) is 0 Å². The monoisotopic (exact) mass is 268 g/mol. The molecule has 0 bridgehead atoms. The predicted octanol–water partition coefficient (Wildman–Crippen LogP) is 0.731. The first kappa shape index (κ1) is 12.9. The number of carbonyl (C=O) groups is 1. The van der Waals surface area contributed by atoms with E-state index in [2.05, 4.69) is 5.32 Å². The summed E-state index contributed by atoms with van der Waals surface area (Å²) in [5, 5.41) is 2.04. The van der Waals surface area contributed by atoms with Crippen molar-refractivity contribution in [2.24, 2.45) is 0 Å². The molecule has 1 N–H and O–H groups in total. The van der Waals surface area contributed by atoms with Gasteiger partial charge in [-0.2, -0.15) is 0 Å². The summed E-state index contributed by atoms with van der Waals surface area (Å²) >= 11 is 0. The van der Waals surface area contributed by atoms with Crippen molar-refractivity contribution in [2.75, 3.05) is 17.4 Å². The first-order valence-electron chi connectivity index (χ1n) is 5.83. The molecule has 1 amide bonds. The SMILES string of the molecule is CC(=O)NCC1CCN(c2ccccc2)S1(=O)=O. The van der Waals surface area contributed by atoms with E-state index in [4.69, 9.17) is 0 Å². The van der Waals surface area contributed by atoms with Crippen molar-refractivity contribution in [1.29, 1.82) is 0 Å². The molecule has 1 heterocycles. The average Bonchev–Trinajstić information content (AvgIpc) is 2.62. The topological polar surface area (TPSA) is 66.5 Å². The van der Waals surface area contributed by atoms with Gasteiger partial charge in [0.05, 0.1) is 10.9 Å². The fraction of sp³-hybridized carbons (Fsp3) is 0.417. The smallest absolute Gasteiger partial charge is 0.239 e. The Morgan fingerprint density at radius 1 is 1.39 bits per heavy atom. The van der Waals surface area contributed by atoms with E-state index in [9.17, 15) is 13.2 Å². The molecule has 98 valence electrons. The fourth-order valence-electron chi connectivity index (χ4n) is 2.05. The Kier molecular flexibility index (Phi) is 3.56. The van der Waals surface area contributed by atoms with Crippen LogP contribution in [-0.2, 0) is 14.8 Å². The van der Waals surface area contributed by atoms with Crippen molar-refractivity contribution in [3.63, 3.8) is 0 Å². The van der Waals surface area contributed by atoms with Crippen molar-refractivity contribution in [3.05, 3.63) is 30.3 Å². The molecule has 0 radical (unpaired) electrons. The standard InChI is InChI=1S/C12H16N2O3S/c1-10(15)13-9-12-7-8-14(18(12,16)17)11-5-3-2-4-6-11/h2-6,12H,7-9H2,1H3,(H,13,15). The Labute approximate surface area is 107 Å². The molecule has 0 aliphatic carbocycles. The molecule has 0 spiro atoms. The van der Waals surface area contributed by atoms with Gasteiger partial charge >= 0.3 is 0 Å². The number of rotatable bonds is 3. The van der Waals surface area contributed by atoms with Crippen molar-refractivity contribution < 1.29 is 13.2 Å². The summed E-state index contributed by atoms with van der Waals surface area (Å²) in [6, 6.07) is 9.02. The molecule has 2 rings (SSSR count). The van der Waals surface area contributed by atoms with Crippen LogP contribution in [0.4, 0.5) is 5.69 Å². The fourth-order valence-corrected chi connectivity index (χ4v) is 3.89. The van der Waals surface area contributed by atoms with Gasteiger partial charge in [0.15, 0.2) is 0 Å². The van der Waals surface area contributed by atoms with E-state index >= 15 is 0 Å². The van der Waals surface area contributed by atoms with Gasteiger partial charge in [-0.3, -0.25) is 9.10 Å². The lowest BCUT2D eigenvalue weighted by Gasteiger charge is -2.18.